The van der Waals surface area contributed by atoms with Gasteiger partial charge in [-0.05, 0) is 12.8 Å². The fraction of sp³-hybridized carbons (Fsp3) is 0.958. The number of aliphatic carboxylic acids is 1. The summed E-state index contributed by atoms with van der Waals surface area (Å²) in [6, 6.07) is 0. The number of carbonyl (C=O) groups is 1. The Labute approximate surface area is 179 Å². The third-order valence-corrected chi connectivity index (χ3v) is 5.73. The summed E-state index contributed by atoms with van der Waals surface area (Å²) in [5.41, 5.74) is 0. The summed E-state index contributed by atoms with van der Waals surface area (Å²) in [6.07, 6.45) is 26.5. The van der Waals surface area contributed by atoms with E-state index in [-0.39, 0.29) is 11.5 Å². The smallest absolute Gasteiger partial charge is 0.303 e. The summed E-state index contributed by atoms with van der Waals surface area (Å²) in [5.74, 6) is -0.666. The van der Waals surface area contributed by atoms with Gasteiger partial charge in [0.25, 0.3) is 0 Å². The largest absolute Gasteiger partial charge is 0.481 e. The number of nitro groups is 1. The first-order valence-electron chi connectivity index (χ1n) is 12.5. The normalized spacial score (nSPS) is 11.0. The molecule has 0 saturated carbocycles. The number of rotatable bonds is 24. The average molecular weight is 414 g/mol. The van der Waals surface area contributed by atoms with Gasteiger partial charge < -0.3 is 5.11 Å². The van der Waals surface area contributed by atoms with E-state index in [1.165, 1.54) is 103 Å². The van der Waals surface area contributed by atoms with Crippen molar-refractivity contribution >= 4 is 5.97 Å². The maximum absolute atomic E-state index is 10.4. The van der Waals surface area contributed by atoms with Crippen LogP contribution >= 0.6 is 0 Å². The summed E-state index contributed by atoms with van der Waals surface area (Å²) in [4.78, 5) is 20.4. The number of unbranched alkanes of at least 4 members (excludes halogenated alkanes) is 20. The Balaban J connectivity index is 3.01. The van der Waals surface area contributed by atoms with Crippen molar-refractivity contribution in [2.75, 3.05) is 6.54 Å². The van der Waals surface area contributed by atoms with Gasteiger partial charge in [0.05, 0.1) is 0 Å². The zero-order valence-electron chi connectivity index (χ0n) is 18.9. The minimum absolute atomic E-state index is 0.136. The van der Waals surface area contributed by atoms with Crippen LogP contribution in [-0.4, -0.2) is 22.5 Å². The van der Waals surface area contributed by atoms with Gasteiger partial charge in [-0.2, -0.15) is 0 Å². The topological polar surface area (TPSA) is 80.4 Å². The monoisotopic (exact) mass is 413 g/mol. The second-order valence-electron chi connectivity index (χ2n) is 8.62. The zero-order valence-corrected chi connectivity index (χ0v) is 18.9. The average Bonchev–Trinajstić information content (AvgIpc) is 2.68. The van der Waals surface area contributed by atoms with Crippen molar-refractivity contribution in [1.82, 2.24) is 0 Å². The highest BCUT2D eigenvalue weighted by Crippen LogP contribution is 2.15. The van der Waals surface area contributed by atoms with E-state index in [9.17, 15) is 14.9 Å². The molecule has 0 saturated heterocycles. The molecular formula is C24H47NO4. The second kappa shape index (κ2) is 23.2. The van der Waals surface area contributed by atoms with Crippen molar-refractivity contribution in [1.29, 1.82) is 0 Å². The molecule has 29 heavy (non-hydrogen) atoms. The van der Waals surface area contributed by atoms with E-state index in [2.05, 4.69) is 0 Å². The standard InChI is InChI=1S/C24H47NO4/c26-24(27)22-20-18-16-14-12-10-8-6-4-2-1-3-5-7-9-11-13-15-17-19-21-23-25(28)29/h1-23H2,(H,26,27). The maximum atomic E-state index is 10.4. The van der Waals surface area contributed by atoms with Crippen LogP contribution in [-0.2, 0) is 4.79 Å². The molecule has 1 N–H and O–H groups in total. The first-order chi connectivity index (χ1) is 14.1. The van der Waals surface area contributed by atoms with Crippen molar-refractivity contribution in [3.05, 3.63) is 10.1 Å². The van der Waals surface area contributed by atoms with E-state index >= 15 is 0 Å². The maximum Gasteiger partial charge on any atom is 0.303 e. The van der Waals surface area contributed by atoms with Gasteiger partial charge in [-0.3, -0.25) is 14.9 Å². The molecule has 0 amide bonds. The molecule has 0 aliphatic carbocycles. The number of carboxylic acids is 1. The molecule has 0 rings (SSSR count). The fourth-order valence-electron chi connectivity index (χ4n) is 3.88. The molecule has 172 valence electrons. The van der Waals surface area contributed by atoms with Gasteiger partial charge in [0.1, 0.15) is 0 Å². The first-order valence-corrected chi connectivity index (χ1v) is 12.5. The van der Waals surface area contributed by atoms with Crippen LogP contribution in [0.4, 0.5) is 0 Å². The summed E-state index contributed by atoms with van der Waals surface area (Å²) in [6.45, 7) is 0.136. The Morgan fingerprint density at radius 2 is 0.759 bits per heavy atom. The van der Waals surface area contributed by atoms with E-state index < -0.39 is 5.97 Å². The van der Waals surface area contributed by atoms with Gasteiger partial charge in [0.2, 0.25) is 6.54 Å². The Kier molecular flexibility index (Phi) is 22.2. The SMILES string of the molecule is O=C(O)CCCCCCCCCCCCCCCCCCCCCCC[N+](=O)[O-]. The lowest BCUT2D eigenvalue weighted by Gasteiger charge is -2.04. The third kappa shape index (κ3) is 26.9. The van der Waals surface area contributed by atoms with Crippen LogP contribution in [0, 0.1) is 10.1 Å². The van der Waals surface area contributed by atoms with Gasteiger partial charge in [-0.25, -0.2) is 0 Å². The van der Waals surface area contributed by atoms with Gasteiger partial charge in [0, 0.05) is 17.8 Å². The highest BCUT2D eigenvalue weighted by atomic mass is 16.6. The molecule has 0 heterocycles. The van der Waals surface area contributed by atoms with E-state index in [1.807, 2.05) is 0 Å². The summed E-state index contributed by atoms with van der Waals surface area (Å²) in [7, 11) is 0. The molecule has 0 aliphatic heterocycles. The van der Waals surface area contributed by atoms with Crippen LogP contribution in [0.1, 0.15) is 141 Å². The predicted octanol–water partition coefficient (Wildman–Crippen LogP) is 7.93. The second-order valence-corrected chi connectivity index (χ2v) is 8.62. The Hall–Kier alpha value is -1.13. The Bertz CT molecular complexity index is 340. The molecule has 0 spiro atoms. The van der Waals surface area contributed by atoms with E-state index in [4.69, 9.17) is 5.11 Å². The molecule has 0 atom stereocenters. The molecule has 5 heteroatoms. The number of carboxylic acid groups (broad SMARTS) is 1. The molecule has 0 aromatic carbocycles. The third-order valence-electron chi connectivity index (χ3n) is 5.73. The van der Waals surface area contributed by atoms with Crippen molar-refractivity contribution < 1.29 is 14.8 Å². The highest BCUT2D eigenvalue weighted by molar-refractivity contribution is 5.66. The Morgan fingerprint density at radius 1 is 0.517 bits per heavy atom. The molecule has 0 bridgehead atoms. The number of nitrogens with zero attached hydrogens (tertiary/aromatic N) is 1. The zero-order chi connectivity index (χ0) is 21.4. The minimum Gasteiger partial charge on any atom is -0.481 e. The molecule has 0 unspecified atom stereocenters. The lowest BCUT2D eigenvalue weighted by Crippen LogP contribution is -1.99. The predicted molar refractivity (Wildman–Crippen MR) is 121 cm³/mol. The van der Waals surface area contributed by atoms with E-state index in [0.717, 1.165) is 32.1 Å². The summed E-state index contributed by atoms with van der Waals surface area (Å²) < 4.78 is 0. The van der Waals surface area contributed by atoms with Crippen molar-refractivity contribution in [2.45, 2.75) is 141 Å². The molecule has 5 nitrogen and oxygen atoms in total. The van der Waals surface area contributed by atoms with E-state index in [0.29, 0.717) is 6.42 Å². The molecule has 0 fully saturated rings. The summed E-state index contributed by atoms with van der Waals surface area (Å²) in [5, 5.41) is 18.8. The lowest BCUT2D eigenvalue weighted by atomic mass is 10.0. The van der Waals surface area contributed by atoms with Crippen LogP contribution in [0.5, 0.6) is 0 Å². The molecule has 0 aromatic heterocycles. The van der Waals surface area contributed by atoms with E-state index in [1.54, 1.807) is 0 Å². The molecule has 0 aliphatic rings. The minimum atomic E-state index is -0.666. The van der Waals surface area contributed by atoms with Gasteiger partial charge in [-0.15, -0.1) is 0 Å². The molecule has 0 aromatic rings. The number of hydrogen-bond donors (Lipinski definition) is 1. The quantitative estimate of drug-likeness (QED) is 0.0989. The lowest BCUT2D eigenvalue weighted by molar-refractivity contribution is -0.480. The number of hydrogen-bond acceptors (Lipinski definition) is 3. The molecular weight excluding hydrogens is 366 g/mol. The van der Waals surface area contributed by atoms with Crippen LogP contribution in [0.3, 0.4) is 0 Å². The molecule has 0 radical (unpaired) electrons. The van der Waals surface area contributed by atoms with Crippen molar-refractivity contribution in [3.8, 4) is 0 Å². The van der Waals surface area contributed by atoms with Crippen LogP contribution in [0.15, 0.2) is 0 Å². The van der Waals surface area contributed by atoms with Crippen LogP contribution in [0.25, 0.3) is 0 Å². The fourth-order valence-corrected chi connectivity index (χ4v) is 3.88. The van der Waals surface area contributed by atoms with Crippen LogP contribution in [0.2, 0.25) is 0 Å². The summed E-state index contributed by atoms with van der Waals surface area (Å²) >= 11 is 0. The van der Waals surface area contributed by atoms with Gasteiger partial charge >= 0.3 is 5.97 Å². The van der Waals surface area contributed by atoms with Gasteiger partial charge in [-0.1, -0.05) is 116 Å². The Morgan fingerprint density at radius 3 is 1.00 bits per heavy atom. The highest BCUT2D eigenvalue weighted by Gasteiger charge is 1.98. The van der Waals surface area contributed by atoms with Crippen molar-refractivity contribution in [3.63, 3.8) is 0 Å². The van der Waals surface area contributed by atoms with Crippen LogP contribution < -0.4 is 0 Å². The first kappa shape index (κ1) is 27.9. The van der Waals surface area contributed by atoms with Gasteiger partial charge in [0.15, 0.2) is 0 Å². The van der Waals surface area contributed by atoms with Crippen molar-refractivity contribution in [2.24, 2.45) is 0 Å².